The third-order valence-corrected chi connectivity index (χ3v) is 5.06. The molecule has 4 nitrogen and oxygen atoms in total. The van der Waals surface area contributed by atoms with Crippen LogP contribution in [0, 0.1) is 0 Å². The van der Waals surface area contributed by atoms with Gasteiger partial charge in [-0.2, -0.15) is 8.42 Å². The van der Waals surface area contributed by atoms with Gasteiger partial charge in [0, 0.05) is 5.56 Å². The largest absolute Gasteiger partial charge is 0.489 e. The van der Waals surface area contributed by atoms with Gasteiger partial charge in [0.05, 0.1) is 0 Å². The van der Waals surface area contributed by atoms with E-state index in [1.807, 2.05) is 18.2 Å². The Hall–Kier alpha value is -1.85. The third-order valence-electron chi connectivity index (χ3n) is 4.10. The van der Waals surface area contributed by atoms with Gasteiger partial charge in [-0.05, 0) is 42.5 Å². The summed E-state index contributed by atoms with van der Waals surface area (Å²) in [5, 5.41) is 0. The molecule has 0 amide bonds. The predicted octanol–water partition coefficient (Wildman–Crippen LogP) is 4.81. The summed E-state index contributed by atoms with van der Waals surface area (Å²) in [6.45, 7) is 4.44. The van der Waals surface area contributed by atoms with Gasteiger partial charge in [-0.3, -0.25) is 4.55 Å². The highest BCUT2D eigenvalue weighted by Crippen LogP contribution is 2.28. The zero-order valence-corrected chi connectivity index (χ0v) is 14.9. The van der Waals surface area contributed by atoms with Crippen molar-refractivity contribution in [3.63, 3.8) is 0 Å². The molecule has 0 fully saturated rings. The van der Waals surface area contributed by atoms with Crippen molar-refractivity contribution in [3.8, 4) is 5.75 Å². The third kappa shape index (κ3) is 4.82. The Morgan fingerprint density at radius 3 is 2.50 bits per heavy atom. The van der Waals surface area contributed by atoms with E-state index in [0.29, 0.717) is 17.2 Å². The lowest BCUT2D eigenvalue weighted by atomic mass is 9.92. The van der Waals surface area contributed by atoms with Crippen LogP contribution in [0.2, 0.25) is 0 Å². The van der Waals surface area contributed by atoms with Crippen LogP contribution in [0.3, 0.4) is 0 Å². The summed E-state index contributed by atoms with van der Waals surface area (Å²) < 4.78 is 37.9. The second-order valence-corrected chi connectivity index (χ2v) is 7.23. The van der Waals surface area contributed by atoms with Crippen LogP contribution in [0.5, 0.6) is 5.75 Å². The Kier molecular flexibility index (Phi) is 6.40. The van der Waals surface area contributed by atoms with Crippen LogP contribution in [0.25, 0.3) is 0 Å². The molecule has 1 atom stereocenters. The van der Waals surface area contributed by atoms with Crippen LogP contribution in [0.1, 0.15) is 50.2 Å². The van der Waals surface area contributed by atoms with E-state index in [-0.39, 0.29) is 11.5 Å². The molecule has 1 unspecified atom stereocenters. The van der Waals surface area contributed by atoms with Crippen molar-refractivity contribution in [2.45, 2.75) is 50.5 Å². The first kappa shape index (κ1) is 18.5. The molecule has 130 valence electrons. The summed E-state index contributed by atoms with van der Waals surface area (Å²) in [6.07, 6.45) is 3.33. The van der Waals surface area contributed by atoms with Gasteiger partial charge in [0.25, 0.3) is 10.1 Å². The number of benzene rings is 2. The number of hydrogen-bond donors (Lipinski definition) is 1. The molecule has 0 radical (unpaired) electrons. The van der Waals surface area contributed by atoms with Gasteiger partial charge in [-0.25, -0.2) is 0 Å². The zero-order chi connectivity index (χ0) is 17.6. The standard InChI is InChI=1S/C19H24O4S/c1-3-8-15(4-2)16-10-7-11-18(13-16)23-14-17-9-5-6-12-19(17)24(20,21)22/h5-7,9-13,15H,3-4,8,14H2,1-2H3,(H,20,21,22). The second-order valence-electron chi connectivity index (χ2n) is 5.84. The summed E-state index contributed by atoms with van der Waals surface area (Å²) >= 11 is 0. The highest BCUT2D eigenvalue weighted by molar-refractivity contribution is 7.85. The van der Waals surface area contributed by atoms with E-state index in [1.54, 1.807) is 18.2 Å². The van der Waals surface area contributed by atoms with E-state index in [2.05, 4.69) is 19.9 Å². The molecule has 0 saturated heterocycles. The second kappa shape index (κ2) is 8.31. The van der Waals surface area contributed by atoms with E-state index in [0.717, 1.165) is 19.3 Å². The lowest BCUT2D eigenvalue weighted by Crippen LogP contribution is -2.06. The maximum absolute atomic E-state index is 11.4. The minimum atomic E-state index is -4.25. The monoisotopic (exact) mass is 348 g/mol. The van der Waals surface area contributed by atoms with Gasteiger partial charge in [-0.15, -0.1) is 0 Å². The maximum Gasteiger partial charge on any atom is 0.294 e. The Balaban J connectivity index is 2.16. The highest BCUT2D eigenvalue weighted by atomic mass is 32.2. The van der Waals surface area contributed by atoms with E-state index in [4.69, 9.17) is 4.74 Å². The van der Waals surface area contributed by atoms with Crippen LogP contribution in [-0.2, 0) is 16.7 Å². The van der Waals surface area contributed by atoms with Gasteiger partial charge in [0.2, 0.25) is 0 Å². The Labute approximate surface area is 144 Å². The SMILES string of the molecule is CCCC(CC)c1cccc(OCc2ccccc2S(=O)(=O)O)c1. The molecule has 24 heavy (non-hydrogen) atoms. The van der Waals surface area contributed by atoms with Crippen molar-refractivity contribution in [2.75, 3.05) is 0 Å². The molecule has 2 aromatic rings. The Bertz CT molecular complexity index is 768. The van der Waals surface area contributed by atoms with Gasteiger partial charge in [0.15, 0.2) is 0 Å². The van der Waals surface area contributed by atoms with Crippen LogP contribution in [0.4, 0.5) is 0 Å². The lowest BCUT2D eigenvalue weighted by Gasteiger charge is -2.16. The summed E-state index contributed by atoms with van der Waals surface area (Å²) in [7, 11) is -4.25. The molecule has 0 saturated carbocycles. The molecule has 0 heterocycles. The first-order valence-electron chi connectivity index (χ1n) is 8.23. The molecule has 0 aliphatic carbocycles. The molecule has 0 aliphatic rings. The van der Waals surface area contributed by atoms with Crippen LogP contribution >= 0.6 is 0 Å². The van der Waals surface area contributed by atoms with Gasteiger partial charge in [0.1, 0.15) is 17.3 Å². The highest BCUT2D eigenvalue weighted by Gasteiger charge is 2.15. The fraction of sp³-hybridized carbons (Fsp3) is 0.368. The van der Waals surface area contributed by atoms with Crippen molar-refractivity contribution >= 4 is 10.1 Å². The number of rotatable bonds is 8. The Morgan fingerprint density at radius 1 is 1.08 bits per heavy atom. The van der Waals surface area contributed by atoms with Crippen molar-refractivity contribution in [1.29, 1.82) is 0 Å². The first-order chi connectivity index (χ1) is 11.5. The summed E-state index contributed by atoms with van der Waals surface area (Å²) in [6, 6.07) is 14.2. The van der Waals surface area contributed by atoms with Crippen LogP contribution in [-0.4, -0.2) is 13.0 Å². The van der Waals surface area contributed by atoms with Gasteiger partial charge in [-0.1, -0.05) is 50.6 Å². The quantitative estimate of drug-likeness (QED) is 0.696. The molecule has 0 aliphatic heterocycles. The Morgan fingerprint density at radius 2 is 1.83 bits per heavy atom. The molecule has 1 N–H and O–H groups in total. The summed E-state index contributed by atoms with van der Waals surface area (Å²) in [4.78, 5) is -0.112. The van der Waals surface area contributed by atoms with E-state index in [9.17, 15) is 13.0 Å². The fourth-order valence-electron chi connectivity index (χ4n) is 2.85. The van der Waals surface area contributed by atoms with E-state index >= 15 is 0 Å². The number of hydrogen-bond acceptors (Lipinski definition) is 3. The van der Waals surface area contributed by atoms with E-state index < -0.39 is 10.1 Å². The predicted molar refractivity (Wildman–Crippen MR) is 95.0 cm³/mol. The summed E-state index contributed by atoms with van der Waals surface area (Å²) in [5.74, 6) is 1.20. The zero-order valence-electron chi connectivity index (χ0n) is 14.1. The molecular formula is C19H24O4S. The van der Waals surface area contributed by atoms with Crippen molar-refractivity contribution in [3.05, 3.63) is 59.7 Å². The molecular weight excluding hydrogens is 324 g/mol. The maximum atomic E-state index is 11.4. The molecule has 0 spiro atoms. The van der Waals surface area contributed by atoms with E-state index in [1.165, 1.54) is 11.6 Å². The van der Waals surface area contributed by atoms with Gasteiger partial charge < -0.3 is 4.74 Å². The van der Waals surface area contributed by atoms with Gasteiger partial charge >= 0.3 is 0 Å². The smallest absolute Gasteiger partial charge is 0.294 e. The lowest BCUT2D eigenvalue weighted by molar-refractivity contribution is 0.301. The fourth-order valence-corrected chi connectivity index (χ4v) is 3.56. The minimum Gasteiger partial charge on any atom is -0.489 e. The molecule has 0 bridgehead atoms. The summed E-state index contributed by atoms with van der Waals surface area (Å²) in [5.41, 5.74) is 1.67. The molecule has 5 heteroatoms. The van der Waals surface area contributed by atoms with Crippen molar-refractivity contribution < 1.29 is 17.7 Å². The number of ether oxygens (including phenoxy) is 1. The molecule has 2 rings (SSSR count). The topological polar surface area (TPSA) is 63.6 Å². The minimum absolute atomic E-state index is 0.0873. The molecule has 2 aromatic carbocycles. The first-order valence-corrected chi connectivity index (χ1v) is 9.67. The average Bonchev–Trinajstić information content (AvgIpc) is 2.57. The van der Waals surface area contributed by atoms with Crippen molar-refractivity contribution in [2.24, 2.45) is 0 Å². The van der Waals surface area contributed by atoms with Crippen molar-refractivity contribution in [1.82, 2.24) is 0 Å². The van der Waals surface area contributed by atoms with Crippen LogP contribution in [0.15, 0.2) is 53.4 Å². The average molecular weight is 348 g/mol. The molecule has 0 aromatic heterocycles. The van der Waals surface area contributed by atoms with Crippen LogP contribution < -0.4 is 4.74 Å². The normalized spacial score (nSPS) is 12.8.